The SMILES string of the molecule is COC(=O)c1ccc(Br)cc1CN1CCCC1C(N)=O. The highest BCUT2D eigenvalue weighted by molar-refractivity contribution is 9.10. The third kappa shape index (κ3) is 3.19. The van der Waals surface area contributed by atoms with Crippen LogP contribution in [-0.4, -0.2) is 36.5 Å². The second-order valence-electron chi connectivity index (χ2n) is 4.82. The number of hydrogen-bond donors (Lipinski definition) is 1. The highest BCUT2D eigenvalue weighted by Gasteiger charge is 2.29. The van der Waals surface area contributed by atoms with Crippen molar-refractivity contribution in [3.63, 3.8) is 0 Å². The van der Waals surface area contributed by atoms with Crippen molar-refractivity contribution in [3.05, 3.63) is 33.8 Å². The minimum atomic E-state index is -0.373. The first kappa shape index (κ1) is 15.0. The summed E-state index contributed by atoms with van der Waals surface area (Å²) in [6, 6.07) is 5.15. The zero-order valence-electron chi connectivity index (χ0n) is 11.3. The molecule has 1 aromatic rings. The van der Waals surface area contributed by atoms with Gasteiger partial charge in [0, 0.05) is 11.0 Å². The van der Waals surface area contributed by atoms with Gasteiger partial charge in [0.1, 0.15) is 0 Å². The number of primary amides is 1. The minimum Gasteiger partial charge on any atom is -0.465 e. The minimum absolute atomic E-state index is 0.250. The summed E-state index contributed by atoms with van der Waals surface area (Å²) in [5.74, 6) is -0.681. The lowest BCUT2D eigenvalue weighted by molar-refractivity contribution is -0.122. The number of likely N-dealkylation sites (tertiary alicyclic amines) is 1. The molecule has 0 bridgehead atoms. The summed E-state index contributed by atoms with van der Waals surface area (Å²) in [4.78, 5) is 25.2. The van der Waals surface area contributed by atoms with Gasteiger partial charge < -0.3 is 10.5 Å². The molecule has 0 saturated carbocycles. The summed E-state index contributed by atoms with van der Waals surface area (Å²) in [5.41, 5.74) is 6.77. The molecule has 0 aliphatic carbocycles. The van der Waals surface area contributed by atoms with Crippen molar-refractivity contribution in [2.75, 3.05) is 13.7 Å². The van der Waals surface area contributed by atoms with E-state index < -0.39 is 0 Å². The van der Waals surface area contributed by atoms with E-state index in [0.717, 1.165) is 29.4 Å². The number of nitrogens with zero attached hydrogens (tertiary/aromatic N) is 1. The largest absolute Gasteiger partial charge is 0.465 e. The molecule has 0 radical (unpaired) electrons. The van der Waals surface area contributed by atoms with Crippen molar-refractivity contribution in [1.29, 1.82) is 0 Å². The molecule has 1 fully saturated rings. The van der Waals surface area contributed by atoms with Crippen LogP contribution < -0.4 is 5.73 Å². The Balaban J connectivity index is 2.26. The smallest absolute Gasteiger partial charge is 0.338 e. The number of rotatable bonds is 4. The summed E-state index contributed by atoms with van der Waals surface area (Å²) >= 11 is 3.40. The van der Waals surface area contributed by atoms with Crippen LogP contribution in [0.4, 0.5) is 0 Å². The Morgan fingerprint density at radius 2 is 2.25 bits per heavy atom. The fourth-order valence-corrected chi connectivity index (χ4v) is 2.97. The van der Waals surface area contributed by atoms with Crippen LogP contribution in [0.15, 0.2) is 22.7 Å². The van der Waals surface area contributed by atoms with Crippen LogP contribution in [0.25, 0.3) is 0 Å². The molecule has 0 aromatic heterocycles. The average molecular weight is 341 g/mol. The van der Waals surface area contributed by atoms with Crippen LogP contribution in [0, 0.1) is 0 Å². The van der Waals surface area contributed by atoms with E-state index in [9.17, 15) is 9.59 Å². The average Bonchev–Trinajstić information content (AvgIpc) is 2.86. The highest BCUT2D eigenvalue weighted by Crippen LogP contribution is 2.24. The van der Waals surface area contributed by atoms with E-state index in [1.54, 1.807) is 12.1 Å². The van der Waals surface area contributed by atoms with Gasteiger partial charge in [0.05, 0.1) is 18.7 Å². The first-order valence-electron chi connectivity index (χ1n) is 6.43. The Labute approximate surface area is 126 Å². The predicted octanol–water partition coefficient (Wildman–Crippen LogP) is 1.69. The van der Waals surface area contributed by atoms with Gasteiger partial charge >= 0.3 is 5.97 Å². The van der Waals surface area contributed by atoms with Crippen molar-refractivity contribution < 1.29 is 14.3 Å². The molecule has 1 unspecified atom stereocenters. The third-order valence-electron chi connectivity index (χ3n) is 3.54. The van der Waals surface area contributed by atoms with Gasteiger partial charge in [-0.05, 0) is 43.1 Å². The van der Waals surface area contributed by atoms with E-state index >= 15 is 0 Å². The number of carbonyl (C=O) groups excluding carboxylic acids is 2. The second-order valence-corrected chi connectivity index (χ2v) is 5.74. The fourth-order valence-electron chi connectivity index (χ4n) is 2.56. The van der Waals surface area contributed by atoms with Crippen molar-refractivity contribution in [2.45, 2.75) is 25.4 Å². The maximum absolute atomic E-state index is 11.8. The number of esters is 1. The summed E-state index contributed by atoms with van der Waals surface area (Å²) in [6.45, 7) is 1.32. The first-order valence-corrected chi connectivity index (χ1v) is 7.22. The molecule has 1 aliphatic rings. The second kappa shape index (κ2) is 6.37. The Hall–Kier alpha value is -1.40. The number of methoxy groups -OCH3 is 1. The van der Waals surface area contributed by atoms with Gasteiger partial charge in [0.2, 0.25) is 5.91 Å². The molecule has 1 atom stereocenters. The van der Waals surface area contributed by atoms with E-state index in [2.05, 4.69) is 15.9 Å². The third-order valence-corrected chi connectivity index (χ3v) is 4.03. The maximum Gasteiger partial charge on any atom is 0.338 e. The lowest BCUT2D eigenvalue weighted by Gasteiger charge is -2.22. The zero-order chi connectivity index (χ0) is 14.7. The molecule has 108 valence electrons. The van der Waals surface area contributed by atoms with Crippen molar-refractivity contribution in [1.82, 2.24) is 4.90 Å². The van der Waals surface area contributed by atoms with Gasteiger partial charge in [-0.3, -0.25) is 9.69 Å². The van der Waals surface area contributed by atoms with Crippen LogP contribution in [0.5, 0.6) is 0 Å². The van der Waals surface area contributed by atoms with Crippen LogP contribution in [0.2, 0.25) is 0 Å². The molecule has 6 heteroatoms. The van der Waals surface area contributed by atoms with Crippen LogP contribution >= 0.6 is 15.9 Å². The molecular formula is C14H17BrN2O3. The molecule has 0 spiro atoms. The van der Waals surface area contributed by atoms with Crippen molar-refractivity contribution >= 4 is 27.8 Å². The first-order chi connectivity index (χ1) is 9.52. The number of amides is 1. The van der Waals surface area contributed by atoms with Crippen LogP contribution in [0.1, 0.15) is 28.8 Å². The molecule has 1 amide bonds. The lowest BCUT2D eigenvalue weighted by atomic mass is 10.1. The topological polar surface area (TPSA) is 72.6 Å². The quantitative estimate of drug-likeness (QED) is 0.846. The predicted molar refractivity (Wildman–Crippen MR) is 78.1 cm³/mol. The van der Waals surface area contributed by atoms with Gasteiger partial charge in [-0.15, -0.1) is 0 Å². The fraction of sp³-hybridized carbons (Fsp3) is 0.429. The maximum atomic E-state index is 11.8. The molecule has 1 saturated heterocycles. The Morgan fingerprint density at radius 3 is 2.90 bits per heavy atom. The van der Waals surface area contributed by atoms with Gasteiger partial charge in [-0.25, -0.2) is 4.79 Å². The van der Waals surface area contributed by atoms with E-state index in [1.807, 2.05) is 11.0 Å². The van der Waals surface area contributed by atoms with Crippen LogP contribution in [-0.2, 0) is 16.1 Å². The standard InChI is InChI=1S/C14H17BrN2O3/c1-20-14(19)11-5-4-10(15)7-9(11)8-17-6-2-3-12(17)13(16)18/h4-5,7,12H,2-3,6,8H2,1H3,(H2,16,18). The Bertz CT molecular complexity index is 533. The zero-order valence-corrected chi connectivity index (χ0v) is 12.9. The van der Waals surface area contributed by atoms with Gasteiger partial charge in [-0.2, -0.15) is 0 Å². The molecule has 1 aromatic carbocycles. The number of carbonyl (C=O) groups is 2. The van der Waals surface area contributed by atoms with E-state index in [0.29, 0.717) is 12.1 Å². The Morgan fingerprint density at radius 1 is 1.50 bits per heavy atom. The molecule has 1 heterocycles. The van der Waals surface area contributed by atoms with Crippen molar-refractivity contribution in [2.24, 2.45) is 5.73 Å². The number of nitrogens with two attached hydrogens (primary N) is 1. The summed E-state index contributed by atoms with van der Waals surface area (Å²) < 4.78 is 5.68. The lowest BCUT2D eigenvalue weighted by Crippen LogP contribution is -2.40. The van der Waals surface area contributed by atoms with E-state index in [4.69, 9.17) is 10.5 Å². The molecule has 2 N–H and O–H groups in total. The van der Waals surface area contributed by atoms with Gasteiger partial charge in [-0.1, -0.05) is 15.9 Å². The summed E-state index contributed by atoms with van der Waals surface area (Å²) in [7, 11) is 1.36. The van der Waals surface area contributed by atoms with Crippen molar-refractivity contribution in [3.8, 4) is 0 Å². The number of benzene rings is 1. The number of ether oxygens (including phenoxy) is 1. The van der Waals surface area contributed by atoms with E-state index in [-0.39, 0.29) is 17.9 Å². The molecule has 20 heavy (non-hydrogen) atoms. The van der Waals surface area contributed by atoms with E-state index in [1.165, 1.54) is 7.11 Å². The molecule has 5 nitrogen and oxygen atoms in total. The Kier molecular flexibility index (Phi) is 4.77. The van der Waals surface area contributed by atoms with Gasteiger partial charge in [0.15, 0.2) is 0 Å². The summed E-state index contributed by atoms with van der Waals surface area (Å²) in [5, 5.41) is 0. The molecular weight excluding hydrogens is 324 g/mol. The molecule has 2 rings (SSSR count). The van der Waals surface area contributed by atoms with Gasteiger partial charge in [0.25, 0.3) is 0 Å². The number of hydrogen-bond acceptors (Lipinski definition) is 4. The highest BCUT2D eigenvalue weighted by atomic mass is 79.9. The molecule has 1 aliphatic heterocycles. The normalized spacial score (nSPS) is 19.0. The van der Waals surface area contributed by atoms with Crippen LogP contribution in [0.3, 0.4) is 0 Å². The monoisotopic (exact) mass is 340 g/mol. The summed E-state index contributed by atoms with van der Waals surface area (Å²) in [6.07, 6.45) is 1.71. The number of halogens is 1.